The monoisotopic (exact) mass is 595 g/mol. The molecule has 2 amide bonds. The zero-order chi connectivity index (χ0) is 30.5. The average Bonchev–Trinajstić information content (AvgIpc) is 2.97. The summed E-state index contributed by atoms with van der Waals surface area (Å²) in [4.78, 5) is 28.7. The van der Waals surface area contributed by atoms with Gasteiger partial charge in [-0.3, -0.25) is 13.9 Å². The molecule has 0 aromatic heterocycles. The number of hydrogen-bond donors (Lipinski definition) is 1. The van der Waals surface area contributed by atoms with Crippen LogP contribution in [0.1, 0.15) is 33.3 Å². The predicted octanol–water partition coefficient (Wildman–Crippen LogP) is 3.99. The lowest BCUT2D eigenvalue weighted by Crippen LogP contribution is -2.54. The van der Waals surface area contributed by atoms with Crippen LogP contribution in [0.2, 0.25) is 0 Å². The van der Waals surface area contributed by atoms with Crippen molar-refractivity contribution in [3.8, 4) is 17.2 Å². The molecule has 1 aliphatic rings. The SMILES string of the molecule is COc1ccc(CN(C(=O)CN(c2ccc3c(c2)OCCO3)S(=O)(=O)c2ccccc2)[C@@H](C)C(=O)NC(C)(C)C)cc1. The van der Waals surface area contributed by atoms with Crippen LogP contribution in [-0.4, -0.2) is 63.6 Å². The van der Waals surface area contributed by atoms with E-state index >= 15 is 0 Å². The third-order valence-electron chi connectivity index (χ3n) is 6.60. The third-order valence-corrected chi connectivity index (χ3v) is 8.39. The van der Waals surface area contributed by atoms with Crippen LogP contribution < -0.4 is 23.8 Å². The molecule has 42 heavy (non-hydrogen) atoms. The highest BCUT2D eigenvalue weighted by Gasteiger charge is 2.34. The summed E-state index contributed by atoms with van der Waals surface area (Å²) in [5.74, 6) is 0.598. The van der Waals surface area contributed by atoms with E-state index in [0.29, 0.717) is 30.5 Å². The Kier molecular flexibility index (Phi) is 9.30. The summed E-state index contributed by atoms with van der Waals surface area (Å²) in [6, 6.07) is 18.9. The van der Waals surface area contributed by atoms with E-state index in [1.165, 1.54) is 17.0 Å². The Morgan fingerprint density at radius 2 is 1.60 bits per heavy atom. The van der Waals surface area contributed by atoms with Crippen molar-refractivity contribution in [3.63, 3.8) is 0 Å². The highest BCUT2D eigenvalue weighted by molar-refractivity contribution is 7.92. The van der Waals surface area contributed by atoms with Crippen LogP contribution in [-0.2, 0) is 26.2 Å². The van der Waals surface area contributed by atoms with Gasteiger partial charge in [0, 0.05) is 18.2 Å². The maximum atomic E-state index is 14.1. The fourth-order valence-corrected chi connectivity index (χ4v) is 5.85. The van der Waals surface area contributed by atoms with E-state index in [0.717, 1.165) is 9.87 Å². The summed E-state index contributed by atoms with van der Waals surface area (Å²) in [7, 11) is -2.63. The van der Waals surface area contributed by atoms with E-state index < -0.39 is 34.1 Å². The lowest BCUT2D eigenvalue weighted by molar-refractivity contribution is -0.140. The Morgan fingerprint density at radius 3 is 2.21 bits per heavy atom. The Morgan fingerprint density at radius 1 is 0.952 bits per heavy atom. The van der Waals surface area contributed by atoms with Gasteiger partial charge < -0.3 is 24.4 Å². The maximum Gasteiger partial charge on any atom is 0.264 e. The van der Waals surface area contributed by atoms with Crippen LogP contribution in [0.25, 0.3) is 0 Å². The fraction of sp³-hybridized carbons (Fsp3) is 0.355. The predicted molar refractivity (Wildman–Crippen MR) is 159 cm³/mol. The summed E-state index contributed by atoms with van der Waals surface area (Å²) >= 11 is 0. The zero-order valence-electron chi connectivity index (χ0n) is 24.5. The number of hydrogen-bond acceptors (Lipinski definition) is 7. The zero-order valence-corrected chi connectivity index (χ0v) is 25.3. The van der Waals surface area contributed by atoms with Crippen molar-refractivity contribution in [3.05, 3.63) is 78.4 Å². The van der Waals surface area contributed by atoms with Gasteiger partial charge in [-0.05, 0) is 69.7 Å². The lowest BCUT2D eigenvalue weighted by Gasteiger charge is -2.33. The quantitative estimate of drug-likeness (QED) is 0.377. The van der Waals surface area contributed by atoms with Gasteiger partial charge in [0.2, 0.25) is 11.8 Å². The maximum absolute atomic E-state index is 14.1. The lowest BCUT2D eigenvalue weighted by atomic mass is 10.1. The summed E-state index contributed by atoms with van der Waals surface area (Å²) in [5.41, 5.74) is 0.442. The number of nitrogens with zero attached hydrogens (tertiary/aromatic N) is 2. The highest BCUT2D eigenvalue weighted by Crippen LogP contribution is 2.36. The number of ether oxygens (including phenoxy) is 3. The minimum Gasteiger partial charge on any atom is -0.497 e. The van der Waals surface area contributed by atoms with E-state index in [2.05, 4.69) is 5.32 Å². The number of nitrogens with one attached hydrogen (secondary N) is 1. The summed E-state index contributed by atoms with van der Waals surface area (Å²) in [5, 5.41) is 2.92. The first kappa shape index (κ1) is 30.7. The second kappa shape index (κ2) is 12.7. The van der Waals surface area contributed by atoms with Crippen LogP contribution in [0.3, 0.4) is 0 Å². The first-order chi connectivity index (χ1) is 19.9. The number of methoxy groups -OCH3 is 1. The topological polar surface area (TPSA) is 114 Å². The van der Waals surface area contributed by atoms with Crippen LogP contribution in [0.15, 0.2) is 77.7 Å². The van der Waals surface area contributed by atoms with Gasteiger partial charge in [0.1, 0.15) is 31.5 Å². The van der Waals surface area contributed by atoms with Crippen molar-refractivity contribution < 1.29 is 32.2 Å². The van der Waals surface area contributed by atoms with Gasteiger partial charge in [0.25, 0.3) is 10.0 Å². The molecule has 0 radical (unpaired) electrons. The second-order valence-electron chi connectivity index (χ2n) is 10.9. The first-order valence-corrected chi connectivity index (χ1v) is 15.0. The molecule has 1 atom stereocenters. The Bertz CT molecular complexity index is 1500. The molecule has 0 bridgehead atoms. The molecule has 0 aliphatic carbocycles. The number of amides is 2. The molecule has 0 fully saturated rings. The smallest absolute Gasteiger partial charge is 0.264 e. The van der Waals surface area contributed by atoms with Crippen molar-refractivity contribution in [1.82, 2.24) is 10.2 Å². The minimum atomic E-state index is -4.19. The highest BCUT2D eigenvalue weighted by atomic mass is 32.2. The van der Waals surface area contributed by atoms with Crippen molar-refractivity contribution in [2.45, 2.75) is 50.7 Å². The van der Waals surface area contributed by atoms with E-state index in [-0.39, 0.29) is 23.0 Å². The number of carbonyl (C=O) groups excluding carboxylic acids is 2. The molecular formula is C31H37N3O7S. The largest absolute Gasteiger partial charge is 0.497 e. The molecule has 1 N–H and O–H groups in total. The van der Waals surface area contributed by atoms with Gasteiger partial charge in [-0.15, -0.1) is 0 Å². The molecule has 3 aromatic rings. The van der Waals surface area contributed by atoms with Crippen molar-refractivity contribution in [2.75, 3.05) is 31.2 Å². The van der Waals surface area contributed by atoms with E-state index in [1.807, 2.05) is 20.8 Å². The standard InChI is InChI=1S/C31H37N3O7S/c1-22(30(36)32-31(2,3)4)33(20-23-11-14-25(39-5)15-12-23)29(35)21-34(42(37,38)26-9-7-6-8-10-26)24-13-16-27-28(19-24)41-18-17-40-27/h6-16,19,22H,17-18,20-21H2,1-5H3,(H,32,36)/t22-/m0/s1. The minimum absolute atomic E-state index is 0.0212. The normalized spacial score (nSPS) is 13.5. The van der Waals surface area contributed by atoms with Gasteiger partial charge in [-0.25, -0.2) is 8.42 Å². The number of benzene rings is 3. The van der Waals surface area contributed by atoms with Crippen LogP contribution in [0.5, 0.6) is 17.2 Å². The molecule has 4 rings (SSSR count). The molecule has 0 saturated heterocycles. The Hall–Kier alpha value is -4.25. The summed E-state index contributed by atoms with van der Waals surface area (Å²) < 4.78 is 45.5. The fourth-order valence-electron chi connectivity index (χ4n) is 4.42. The molecule has 224 valence electrons. The van der Waals surface area contributed by atoms with Crippen LogP contribution in [0.4, 0.5) is 5.69 Å². The second-order valence-corrected chi connectivity index (χ2v) is 12.8. The molecule has 1 aliphatic heterocycles. The number of anilines is 1. The first-order valence-electron chi connectivity index (χ1n) is 13.6. The Balaban J connectivity index is 1.73. The molecular weight excluding hydrogens is 558 g/mol. The van der Waals surface area contributed by atoms with Gasteiger partial charge >= 0.3 is 0 Å². The average molecular weight is 596 g/mol. The molecule has 0 saturated carbocycles. The molecule has 3 aromatic carbocycles. The number of fused-ring (bicyclic) bond motifs is 1. The van der Waals surface area contributed by atoms with Crippen molar-refractivity contribution >= 4 is 27.5 Å². The van der Waals surface area contributed by atoms with Crippen LogP contribution in [0, 0.1) is 0 Å². The van der Waals surface area contributed by atoms with Crippen LogP contribution >= 0.6 is 0 Å². The number of sulfonamides is 1. The summed E-state index contributed by atoms with van der Waals surface area (Å²) in [6.45, 7) is 7.39. The Labute approximate surface area is 247 Å². The third kappa shape index (κ3) is 7.33. The van der Waals surface area contributed by atoms with Crippen molar-refractivity contribution in [1.29, 1.82) is 0 Å². The van der Waals surface area contributed by atoms with E-state index in [9.17, 15) is 18.0 Å². The van der Waals surface area contributed by atoms with Gasteiger partial charge in [0.05, 0.1) is 17.7 Å². The van der Waals surface area contributed by atoms with Gasteiger partial charge in [0.15, 0.2) is 11.5 Å². The molecule has 1 heterocycles. The summed E-state index contributed by atoms with van der Waals surface area (Å²) in [6.07, 6.45) is 0. The van der Waals surface area contributed by atoms with Crippen molar-refractivity contribution in [2.24, 2.45) is 0 Å². The number of carbonyl (C=O) groups is 2. The molecule has 11 heteroatoms. The van der Waals surface area contributed by atoms with Gasteiger partial charge in [-0.1, -0.05) is 30.3 Å². The molecule has 0 spiro atoms. The van der Waals surface area contributed by atoms with Gasteiger partial charge in [-0.2, -0.15) is 0 Å². The number of rotatable bonds is 10. The van der Waals surface area contributed by atoms with E-state index in [1.54, 1.807) is 74.7 Å². The molecule has 10 nitrogen and oxygen atoms in total. The van der Waals surface area contributed by atoms with E-state index in [4.69, 9.17) is 14.2 Å². The molecule has 0 unspecified atom stereocenters.